The van der Waals surface area contributed by atoms with Crippen molar-refractivity contribution in [2.24, 2.45) is 5.41 Å². The van der Waals surface area contributed by atoms with Crippen LogP contribution in [-0.2, 0) is 0 Å². The Morgan fingerprint density at radius 1 is 1.39 bits per heavy atom. The predicted octanol–water partition coefficient (Wildman–Crippen LogP) is 3.92. The molecule has 18 heavy (non-hydrogen) atoms. The summed E-state index contributed by atoms with van der Waals surface area (Å²) in [6.07, 6.45) is 1.03. The molecule has 0 aliphatic heterocycles. The maximum absolute atomic E-state index is 11.9. The van der Waals surface area contributed by atoms with Crippen LogP contribution >= 0.6 is 15.9 Å². The van der Waals surface area contributed by atoms with Crippen molar-refractivity contribution in [2.75, 3.05) is 6.54 Å². The topological polar surface area (TPSA) is 29.1 Å². The lowest BCUT2D eigenvalue weighted by atomic mass is 9.90. The minimum atomic E-state index is -0.00272. The number of benzene rings is 1. The molecule has 0 aliphatic carbocycles. The summed E-state index contributed by atoms with van der Waals surface area (Å²) in [5, 5.41) is 2.96. The van der Waals surface area contributed by atoms with Crippen LogP contribution in [0.5, 0.6) is 0 Å². The summed E-state index contributed by atoms with van der Waals surface area (Å²) < 4.78 is 0. The van der Waals surface area contributed by atoms with Gasteiger partial charge < -0.3 is 5.32 Å². The molecule has 0 heterocycles. The Hall–Kier alpha value is -0.830. The van der Waals surface area contributed by atoms with E-state index < -0.39 is 0 Å². The van der Waals surface area contributed by atoms with E-state index in [0.717, 1.165) is 17.5 Å². The van der Waals surface area contributed by atoms with Gasteiger partial charge in [-0.05, 0) is 30.9 Å². The van der Waals surface area contributed by atoms with Crippen molar-refractivity contribution >= 4 is 21.8 Å². The largest absolute Gasteiger partial charge is 0.351 e. The van der Waals surface area contributed by atoms with Crippen LogP contribution in [0.1, 0.15) is 43.1 Å². The first-order chi connectivity index (χ1) is 8.28. The van der Waals surface area contributed by atoms with Gasteiger partial charge in [0.15, 0.2) is 0 Å². The number of aryl methyl sites for hydroxylation is 1. The molecule has 0 aliphatic rings. The van der Waals surface area contributed by atoms with Crippen molar-refractivity contribution in [3.63, 3.8) is 0 Å². The molecule has 0 radical (unpaired) electrons. The summed E-state index contributed by atoms with van der Waals surface area (Å²) in [5.41, 5.74) is 2.10. The van der Waals surface area contributed by atoms with Crippen molar-refractivity contribution in [1.29, 1.82) is 0 Å². The number of rotatable bonds is 4. The van der Waals surface area contributed by atoms with Crippen molar-refractivity contribution in [3.05, 3.63) is 35.4 Å². The summed E-state index contributed by atoms with van der Waals surface area (Å²) in [5.74, 6) is -0.00272. The van der Waals surface area contributed by atoms with Crippen LogP contribution in [-0.4, -0.2) is 17.3 Å². The van der Waals surface area contributed by atoms with E-state index in [-0.39, 0.29) is 11.3 Å². The van der Waals surface area contributed by atoms with Gasteiger partial charge in [-0.3, -0.25) is 4.79 Å². The van der Waals surface area contributed by atoms with Gasteiger partial charge in [0, 0.05) is 16.9 Å². The summed E-state index contributed by atoms with van der Waals surface area (Å²) in [4.78, 5) is 12.2. The minimum absolute atomic E-state index is 0.00272. The third-order valence-electron chi connectivity index (χ3n) is 2.60. The zero-order valence-corrected chi connectivity index (χ0v) is 13.2. The Labute approximate surface area is 118 Å². The van der Waals surface area contributed by atoms with Gasteiger partial charge in [0.1, 0.15) is 0 Å². The Balaban J connectivity index is 2.47. The molecule has 1 aromatic rings. The molecule has 0 fully saturated rings. The van der Waals surface area contributed by atoms with Crippen molar-refractivity contribution in [1.82, 2.24) is 5.32 Å². The number of halogens is 1. The second-order valence-electron chi connectivity index (χ2n) is 5.94. The highest BCUT2D eigenvalue weighted by Crippen LogP contribution is 2.24. The van der Waals surface area contributed by atoms with E-state index in [1.54, 1.807) is 0 Å². The average molecular weight is 312 g/mol. The first-order valence-corrected chi connectivity index (χ1v) is 7.18. The second kappa shape index (κ2) is 6.37. The lowest BCUT2D eigenvalue weighted by Gasteiger charge is -2.22. The lowest BCUT2D eigenvalue weighted by Crippen LogP contribution is -2.31. The lowest BCUT2D eigenvalue weighted by molar-refractivity contribution is 0.0952. The summed E-state index contributed by atoms with van der Waals surface area (Å²) in [6, 6.07) is 7.65. The number of hydrogen-bond acceptors (Lipinski definition) is 1. The number of nitrogens with one attached hydrogen (secondary N) is 1. The fourth-order valence-corrected chi connectivity index (χ4v) is 2.96. The maximum atomic E-state index is 11.9. The summed E-state index contributed by atoms with van der Waals surface area (Å²) in [7, 11) is 0. The van der Waals surface area contributed by atoms with E-state index in [9.17, 15) is 4.79 Å². The standard InChI is InChI=1S/C15H22BrNO/c1-11-6-5-7-12(8-11)14(18)17-10-13(16)9-15(2,3)4/h5-8,13H,9-10H2,1-4H3,(H,17,18). The first kappa shape index (κ1) is 15.2. The monoisotopic (exact) mass is 311 g/mol. The van der Waals surface area contributed by atoms with Crippen LogP contribution in [0.2, 0.25) is 0 Å². The van der Waals surface area contributed by atoms with E-state index >= 15 is 0 Å². The third kappa shape index (κ3) is 5.67. The summed E-state index contributed by atoms with van der Waals surface area (Å²) in [6.45, 7) is 9.24. The SMILES string of the molecule is Cc1cccc(C(=O)NCC(Br)CC(C)(C)C)c1. The fraction of sp³-hybridized carbons (Fsp3) is 0.533. The van der Waals surface area contributed by atoms with Gasteiger partial charge in [0.25, 0.3) is 5.91 Å². The highest BCUT2D eigenvalue weighted by atomic mass is 79.9. The first-order valence-electron chi connectivity index (χ1n) is 6.27. The average Bonchev–Trinajstić information content (AvgIpc) is 2.23. The van der Waals surface area contributed by atoms with E-state index in [2.05, 4.69) is 42.0 Å². The molecule has 0 aromatic heterocycles. The third-order valence-corrected chi connectivity index (χ3v) is 3.25. The van der Waals surface area contributed by atoms with Crippen LogP contribution in [0.3, 0.4) is 0 Å². The van der Waals surface area contributed by atoms with Gasteiger partial charge in [-0.15, -0.1) is 0 Å². The van der Waals surface area contributed by atoms with E-state index in [1.165, 1.54) is 0 Å². The van der Waals surface area contributed by atoms with Gasteiger partial charge in [-0.25, -0.2) is 0 Å². The number of hydrogen-bond donors (Lipinski definition) is 1. The molecule has 0 saturated carbocycles. The van der Waals surface area contributed by atoms with Gasteiger partial charge in [0.05, 0.1) is 0 Å². The fourth-order valence-electron chi connectivity index (χ4n) is 1.83. The van der Waals surface area contributed by atoms with Crippen LogP contribution < -0.4 is 5.32 Å². The van der Waals surface area contributed by atoms with E-state index in [1.807, 2.05) is 31.2 Å². The molecule has 3 heteroatoms. The van der Waals surface area contributed by atoms with Crippen LogP contribution in [0, 0.1) is 12.3 Å². The molecule has 0 bridgehead atoms. The smallest absolute Gasteiger partial charge is 0.251 e. The maximum Gasteiger partial charge on any atom is 0.251 e. The van der Waals surface area contributed by atoms with Gasteiger partial charge in [-0.1, -0.05) is 54.4 Å². The molecule has 1 N–H and O–H groups in total. The van der Waals surface area contributed by atoms with Crippen molar-refractivity contribution in [3.8, 4) is 0 Å². The second-order valence-corrected chi connectivity index (χ2v) is 7.24. The number of alkyl halides is 1. The molecule has 0 spiro atoms. The van der Waals surface area contributed by atoms with Gasteiger partial charge in [0.2, 0.25) is 0 Å². The quantitative estimate of drug-likeness (QED) is 0.839. The zero-order valence-electron chi connectivity index (χ0n) is 11.6. The van der Waals surface area contributed by atoms with Crippen LogP contribution in [0.4, 0.5) is 0 Å². The minimum Gasteiger partial charge on any atom is -0.351 e. The normalized spacial score (nSPS) is 13.2. The zero-order chi connectivity index (χ0) is 13.8. The van der Waals surface area contributed by atoms with Gasteiger partial charge in [-0.2, -0.15) is 0 Å². The van der Waals surface area contributed by atoms with E-state index in [0.29, 0.717) is 11.4 Å². The molecular formula is C15H22BrNO. The molecule has 1 amide bonds. The molecular weight excluding hydrogens is 290 g/mol. The molecule has 1 unspecified atom stereocenters. The highest BCUT2D eigenvalue weighted by Gasteiger charge is 2.17. The number of carbonyl (C=O) groups is 1. The number of amides is 1. The Morgan fingerprint density at radius 2 is 2.06 bits per heavy atom. The van der Waals surface area contributed by atoms with Crippen LogP contribution in [0.25, 0.3) is 0 Å². The Morgan fingerprint density at radius 3 is 2.61 bits per heavy atom. The van der Waals surface area contributed by atoms with Crippen molar-refractivity contribution in [2.45, 2.75) is 38.9 Å². The summed E-state index contributed by atoms with van der Waals surface area (Å²) >= 11 is 3.61. The number of carbonyl (C=O) groups excluding carboxylic acids is 1. The molecule has 100 valence electrons. The molecule has 0 saturated heterocycles. The van der Waals surface area contributed by atoms with E-state index in [4.69, 9.17) is 0 Å². The van der Waals surface area contributed by atoms with Crippen LogP contribution in [0.15, 0.2) is 24.3 Å². The molecule has 1 aromatic carbocycles. The Kier molecular flexibility index (Phi) is 5.39. The van der Waals surface area contributed by atoms with Crippen molar-refractivity contribution < 1.29 is 4.79 Å². The molecule has 2 nitrogen and oxygen atoms in total. The predicted molar refractivity (Wildman–Crippen MR) is 80.3 cm³/mol. The Bertz CT molecular complexity index is 409. The molecule has 1 rings (SSSR count). The molecule has 1 atom stereocenters. The highest BCUT2D eigenvalue weighted by molar-refractivity contribution is 9.09. The van der Waals surface area contributed by atoms with Gasteiger partial charge >= 0.3 is 0 Å².